The molecule has 0 fully saturated rings. The van der Waals surface area contributed by atoms with Crippen LogP contribution in [-0.2, 0) is 9.53 Å². The van der Waals surface area contributed by atoms with Crippen LogP contribution >= 0.6 is 43.2 Å². The van der Waals surface area contributed by atoms with Crippen molar-refractivity contribution >= 4 is 55.2 Å². The second kappa shape index (κ2) is 9.79. The monoisotopic (exact) mass is 590 g/mol. The van der Waals surface area contributed by atoms with Crippen LogP contribution in [0.3, 0.4) is 0 Å². The number of carbonyl (C=O) groups excluding carboxylic acids is 1. The maximum Gasteiger partial charge on any atom is 0.338 e. The van der Waals surface area contributed by atoms with E-state index in [9.17, 15) is 9.59 Å². The third-order valence-corrected chi connectivity index (χ3v) is 7.31. The molecule has 170 valence electrons. The number of fused-ring (bicyclic) bond motifs is 1. The largest absolute Gasteiger partial charge is 0.496 e. The minimum absolute atomic E-state index is 0.215. The molecule has 0 saturated heterocycles. The lowest BCUT2D eigenvalue weighted by Crippen LogP contribution is -2.39. The van der Waals surface area contributed by atoms with E-state index in [2.05, 4.69) is 36.9 Å². The van der Waals surface area contributed by atoms with Crippen molar-refractivity contribution in [1.82, 2.24) is 4.57 Å². The van der Waals surface area contributed by atoms with E-state index < -0.39 is 12.0 Å². The normalized spacial score (nSPS) is 15.8. The number of nitrogens with zero attached hydrogens (tertiary/aromatic N) is 2. The number of hydrogen-bond donors (Lipinski definition) is 0. The number of aromatic nitrogens is 1. The second-order valence-corrected chi connectivity index (χ2v) is 10.0. The van der Waals surface area contributed by atoms with E-state index in [1.807, 2.05) is 42.5 Å². The molecule has 33 heavy (non-hydrogen) atoms. The van der Waals surface area contributed by atoms with Gasteiger partial charge in [0.15, 0.2) is 4.80 Å². The van der Waals surface area contributed by atoms with Crippen LogP contribution in [-0.4, -0.2) is 24.3 Å². The van der Waals surface area contributed by atoms with Crippen molar-refractivity contribution in [3.8, 4) is 5.75 Å². The molecule has 2 aromatic carbocycles. The summed E-state index contributed by atoms with van der Waals surface area (Å²) in [4.78, 5) is 31.7. The van der Waals surface area contributed by atoms with E-state index in [0.29, 0.717) is 26.4 Å². The van der Waals surface area contributed by atoms with Gasteiger partial charge in [-0.1, -0.05) is 45.5 Å². The van der Waals surface area contributed by atoms with E-state index in [4.69, 9.17) is 9.47 Å². The molecule has 4 rings (SSSR count). The molecule has 2 heterocycles. The first-order chi connectivity index (χ1) is 15.8. The Labute approximate surface area is 211 Å². The molecule has 3 aromatic rings. The Bertz CT molecular complexity index is 1440. The summed E-state index contributed by atoms with van der Waals surface area (Å²) in [5, 5.41) is 0. The molecule has 0 N–H and O–H groups in total. The Morgan fingerprint density at radius 2 is 1.94 bits per heavy atom. The smallest absolute Gasteiger partial charge is 0.338 e. The van der Waals surface area contributed by atoms with Crippen LogP contribution in [0.4, 0.5) is 0 Å². The summed E-state index contributed by atoms with van der Waals surface area (Å²) in [6, 6.07) is 12.5. The van der Waals surface area contributed by atoms with Gasteiger partial charge in [0.1, 0.15) is 5.75 Å². The summed E-state index contributed by atoms with van der Waals surface area (Å²) in [5.41, 5.74) is 2.30. The summed E-state index contributed by atoms with van der Waals surface area (Å²) in [5.74, 6) is 0.165. The van der Waals surface area contributed by atoms with Gasteiger partial charge in [0.25, 0.3) is 5.56 Å². The van der Waals surface area contributed by atoms with Crippen molar-refractivity contribution in [3.63, 3.8) is 0 Å². The maximum absolute atomic E-state index is 13.6. The first-order valence-electron chi connectivity index (χ1n) is 10.1. The number of benzene rings is 2. The zero-order valence-corrected chi connectivity index (χ0v) is 22.1. The van der Waals surface area contributed by atoms with Crippen molar-refractivity contribution in [2.45, 2.75) is 19.9 Å². The molecular formula is C24H20Br2N2O4S. The number of halogens is 2. The topological polar surface area (TPSA) is 69.9 Å². The minimum atomic E-state index is -0.672. The highest BCUT2D eigenvalue weighted by Crippen LogP contribution is 2.34. The van der Waals surface area contributed by atoms with Gasteiger partial charge in [-0.25, -0.2) is 9.79 Å². The van der Waals surface area contributed by atoms with Gasteiger partial charge in [-0.15, -0.1) is 0 Å². The van der Waals surface area contributed by atoms with Crippen LogP contribution in [0, 0.1) is 0 Å². The lowest BCUT2D eigenvalue weighted by Gasteiger charge is -2.25. The Kier molecular flexibility index (Phi) is 7.02. The Balaban J connectivity index is 1.96. The first kappa shape index (κ1) is 23.7. The van der Waals surface area contributed by atoms with Gasteiger partial charge < -0.3 is 9.47 Å². The average Bonchev–Trinajstić information content (AvgIpc) is 3.09. The van der Waals surface area contributed by atoms with E-state index in [1.54, 1.807) is 31.6 Å². The quantitative estimate of drug-likeness (QED) is 0.414. The fraction of sp³-hybridized carbons (Fsp3) is 0.208. The molecule has 9 heteroatoms. The molecule has 0 amide bonds. The van der Waals surface area contributed by atoms with Gasteiger partial charge in [0.2, 0.25) is 0 Å². The van der Waals surface area contributed by atoms with Crippen LogP contribution in [0.5, 0.6) is 5.75 Å². The molecule has 1 aliphatic heterocycles. The second-order valence-electron chi connectivity index (χ2n) is 7.25. The van der Waals surface area contributed by atoms with Crippen molar-refractivity contribution in [2.24, 2.45) is 4.99 Å². The van der Waals surface area contributed by atoms with Gasteiger partial charge in [0, 0.05) is 4.47 Å². The molecule has 0 radical (unpaired) electrons. The van der Waals surface area contributed by atoms with Crippen molar-refractivity contribution in [2.75, 3.05) is 13.7 Å². The summed E-state index contributed by atoms with van der Waals surface area (Å²) < 4.78 is 14.5. The number of hydrogen-bond acceptors (Lipinski definition) is 6. The van der Waals surface area contributed by atoms with E-state index >= 15 is 0 Å². The van der Waals surface area contributed by atoms with Gasteiger partial charge in [-0.3, -0.25) is 9.36 Å². The van der Waals surface area contributed by atoms with Crippen LogP contribution in [0.15, 0.2) is 72.5 Å². The maximum atomic E-state index is 13.6. The molecule has 0 aliphatic carbocycles. The van der Waals surface area contributed by atoms with E-state index in [-0.39, 0.29) is 12.2 Å². The van der Waals surface area contributed by atoms with Crippen LogP contribution < -0.4 is 19.6 Å². The number of rotatable bonds is 5. The zero-order chi connectivity index (χ0) is 23.7. The van der Waals surface area contributed by atoms with Crippen molar-refractivity contribution < 1.29 is 14.3 Å². The molecule has 0 saturated carbocycles. The van der Waals surface area contributed by atoms with E-state index in [1.165, 1.54) is 11.3 Å². The van der Waals surface area contributed by atoms with Crippen LogP contribution in [0.25, 0.3) is 6.08 Å². The van der Waals surface area contributed by atoms with Gasteiger partial charge in [-0.05, 0) is 71.2 Å². The molecular weight excluding hydrogens is 572 g/mol. The highest BCUT2D eigenvalue weighted by atomic mass is 79.9. The average molecular weight is 592 g/mol. The fourth-order valence-corrected chi connectivity index (χ4v) is 5.54. The third kappa shape index (κ3) is 4.62. The summed E-state index contributed by atoms with van der Waals surface area (Å²) in [6.07, 6.45) is 1.83. The predicted molar refractivity (Wildman–Crippen MR) is 135 cm³/mol. The first-order valence-corrected chi connectivity index (χ1v) is 12.5. The highest BCUT2D eigenvalue weighted by Gasteiger charge is 2.33. The zero-order valence-electron chi connectivity index (χ0n) is 18.1. The third-order valence-electron chi connectivity index (χ3n) is 5.18. The van der Waals surface area contributed by atoms with Gasteiger partial charge in [-0.2, -0.15) is 0 Å². The number of ether oxygens (including phenoxy) is 2. The minimum Gasteiger partial charge on any atom is -0.496 e. The standard InChI is InChI=1S/C24H20Br2N2O4S/c1-4-32-23(30)20-13(2)27-24-28(21(20)15-7-10-18(31-3)17(26)12-15)22(29)19(33-24)11-14-5-8-16(25)9-6-14/h5-12,21H,4H2,1-3H3/b19-11+/t21-/m1/s1. The lowest BCUT2D eigenvalue weighted by molar-refractivity contribution is -0.139. The summed E-state index contributed by atoms with van der Waals surface area (Å²) in [6.45, 7) is 3.74. The molecule has 1 atom stereocenters. The lowest BCUT2D eigenvalue weighted by atomic mass is 9.96. The number of esters is 1. The Morgan fingerprint density at radius 3 is 2.58 bits per heavy atom. The number of methoxy groups -OCH3 is 1. The van der Waals surface area contributed by atoms with Crippen molar-refractivity contribution in [3.05, 3.63) is 93.5 Å². The fourth-order valence-electron chi connectivity index (χ4n) is 3.67. The van der Waals surface area contributed by atoms with Gasteiger partial charge >= 0.3 is 5.97 Å². The molecule has 1 aromatic heterocycles. The number of thiazole rings is 1. The van der Waals surface area contributed by atoms with Crippen LogP contribution in [0.1, 0.15) is 31.0 Å². The molecule has 0 spiro atoms. The SMILES string of the molecule is CCOC(=O)C1=C(C)N=c2s/c(=C/c3ccc(Br)cc3)c(=O)n2[C@@H]1c1ccc(OC)c(Br)c1. The number of carbonyl (C=O) groups is 1. The van der Waals surface area contributed by atoms with E-state index in [0.717, 1.165) is 20.1 Å². The Hall–Kier alpha value is -2.49. The molecule has 1 aliphatic rings. The molecule has 0 bridgehead atoms. The van der Waals surface area contributed by atoms with Crippen LogP contribution in [0.2, 0.25) is 0 Å². The number of allylic oxidation sites excluding steroid dienone is 1. The highest BCUT2D eigenvalue weighted by molar-refractivity contribution is 9.10. The summed E-state index contributed by atoms with van der Waals surface area (Å²) >= 11 is 8.24. The Morgan fingerprint density at radius 1 is 1.21 bits per heavy atom. The molecule has 0 unspecified atom stereocenters. The predicted octanol–water partition coefficient (Wildman–Crippen LogP) is 4.33. The molecule has 6 nitrogen and oxygen atoms in total. The van der Waals surface area contributed by atoms with Crippen molar-refractivity contribution in [1.29, 1.82) is 0 Å². The summed E-state index contributed by atoms with van der Waals surface area (Å²) in [7, 11) is 1.58. The van der Waals surface area contributed by atoms with Gasteiger partial charge in [0.05, 0.1) is 40.0 Å².